The van der Waals surface area contributed by atoms with Gasteiger partial charge in [-0.05, 0) is 5.56 Å². The van der Waals surface area contributed by atoms with Gasteiger partial charge in [0, 0.05) is 30.6 Å². The summed E-state index contributed by atoms with van der Waals surface area (Å²) in [4.78, 5) is 2.40. The first kappa shape index (κ1) is 14.2. The zero-order valence-corrected chi connectivity index (χ0v) is 12.0. The Morgan fingerprint density at radius 1 is 1.53 bits per heavy atom. The van der Waals surface area contributed by atoms with Crippen LogP contribution in [0, 0.1) is 0 Å². The van der Waals surface area contributed by atoms with Crippen molar-refractivity contribution in [1.29, 1.82) is 0 Å². The molecule has 1 aromatic carbocycles. The highest BCUT2D eigenvalue weighted by atomic mass is 32.2. The van der Waals surface area contributed by atoms with Crippen molar-refractivity contribution in [3.05, 3.63) is 35.9 Å². The molecular formula is C14H21N3OS. The molecule has 1 aromatic rings. The summed E-state index contributed by atoms with van der Waals surface area (Å²) < 4.78 is 0. The SMILES string of the molecule is CC1CN(CC(/C(N)=N/O)c2ccccc2)CCS1. The molecule has 0 aromatic heterocycles. The van der Waals surface area contributed by atoms with E-state index < -0.39 is 0 Å². The van der Waals surface area contributed by atoms with Gasteiger partial charge < -0.3 is 15.8 Å². The van der Waals surface area contributed by atoms with Gasteiger partial charge in [0.15, 0.2) is 0 Å². The molecule has 1 saturated heterocycles. The lowest BCUT2D eigenvalue weighted by atomic mass is 9.97. The second-order valence-corrected chi connectivity index (χ2v) is 6.48. The maximum Gasteiger partial charge on any atom is 0.147 e. The van der Waals surface area contributed by atoms with E-state index in [1.165, 1.54) is 0 Å². The van der Waals surface area contributed by atoms with Crippen molar-refractivity contribution in [1.82, 2.24) is 4.90 Å². The lowest BCUT2D eigenvalue weighted by molar-refractivity contribution is 0.277. The van der Waals surface area contributed by atoms with Crippen LogP contribution in [0.2, 0.25) is 0 Å². The van der Waals surface area contributed by atoms with E-state index in [0.29, 0.717) is 5.25 Å². The van der Waals surface area contributed by atoms with E-state index in [4.69, 9.17) is 10.9 Å². The summed E-state index contributed by atoms with van der Waals surface area (Å²) in [5.74, 6) is 1.40. The average molecular weight is 279 g/mol. The predicted octanol–water partition coefficient (Wildman–Crippen LogP) is 1.95. The smallest absolute Gasteiger partial charge is 0.147 e. The molecule has 0 radical (unpaired) electrons. The van der Waals surface area contributed by atoms with Gasteiger partial charge in [0.25, 0.3) is 0 Å². The second-order valence-electron chi connectivity index (χ2n) is 4.93. The Balaban J connectivity index is 2.11. The monoisotopic (exact) mass is 279 g/mol. The molecule has 0 saturated carbocycles. The Labute approximate surface area is 118 Å². The zero-order valence-electron chi connectivity index (χ0n) is 11.2. The Morgan fingerprint density at radius 2 is 2.26 bits per heavy atom. The first-order valence-corrected chi connectivity index (χ1v) is 7.62. The highest BCUT2D eigenvalue weighted by Crippen LogP contribution is 2.22. The maximum absolute atomic E-state index is 8.99. The number of thioether (sulfide) groups is 1. The van der Waals surface area contributed by atoms with Gasteiger partial charge in [0.05, 0.1) is 5.92 Å². The van der Waals surface area contributed by atoms with Gasteiger partial charge >= 0.3 is 0 Å². The predicted molar refractivity (Wildman–Crippen MR) is 81.0 cm³/mol. The molecule has 19 heavy (non-hydrogen) atoms. The molecule has 0 bridgehead atoms. The van der Waals surface area contributed by atoms with Crippen molar-refractivity contribution >= 4 is 17.6 Å². The third-order valence-corrected chi connectivity index (χ3v) is 4.58. The highest BCUT2D eigenvalue weighted by Gasteiger charge is 2.23. The normalized spacial score (nSPS) is 23.2. The summed E-state index contributed by atoms with van der Waals surface area (Å²) in [6, 6.07) is 10.0. The Hall–Kier alpha value is -1.20. The summed E-state index contributed by atoms with van der Waals surface area (Å²) in [7, 11) is 0. The van der Waals surface area contributed by atoms with Crippen molar-refractivity contribution in [3.8, 4) is 0 Å². The van der Waals surface area contributed by atoms with Gasteiger partial charge in [-0.15, -0.1) is 0 Å². The lowest BCUT2D eigenvalue weighted by Crippen LogP contribution is -2.41. The Morgan fingerprint density at radius 3 is 2.89 bits per heavy atom. The van der Waals surface area contributed by atoms with Crippen LogP contribution in [-0.4, -0.2) is 46.6 Å². The summed E-state index contributed by atoms with van der Waals surface area (Å²) in [6.07, 6.45) is 0. The van der Waals surface area contributed by atoms with E-state index in [2.05, 4.69) is 17.0 Å². The van der Waals surface area contributed by atoms with Crippen LogP contribution in [0.25, 0.3) is 0 Å². The highest BCUT2D eigenvalue weighted by molar-refractivity contribution is 7.99. The number of nitrogens with two attached hydrogens (primary N) is 1. The van der Waals surface area contributed by atoms with Crippen molar-refractivity contribution in [2.75, 3.05) is 25.4 Å². The van der Waals surface area contributed by atoms with Crippen molar-refractivity contribution in [3.63, 3.8) is 0 Å². The molecule has 2 unspecified atom stereocenters. The minimum atomic E-state index is -0.0403. The van der Waals surface area contributed by atoms with Gasteiger partial charge in [0.1, 0.15) is 5.84 Å². The van der Waals surface area contributed by atoms with Crippen LogP contribution >= 0.6 is 11.8 Å². The molecule has 3 N–H and O–H groups in total. The van der Waals surface area contributed by atoms with Crippen LogP contribution in [0.5, 0.6) is 0 Å². The van der Waals surface area contributed by atoms with Crippen LogP contribution < -0.4 is 5.73 Å². The van der Waals surface area contributed by atoms with E-state index in [1.807, 2.05) is 42.1 Å². The largest absolute Gasteiger partial charge is 0.409 e. The summed E-state index contributed by atoms with van der Waals surface area (Å²) in [5.41, 5.74) is 6.97. The second kappa shape index (κ2) is 6.82. The Bertz CT molecular complexity index is 424. The van der Waals surface area contributed by atoms with Gasteiger partial charge in [-0.1, -0.05) is 42.4 Å². The van der Waals surface area contributed by atoms with E-state index in [1.54, 1.807) is 0 Å². The molecule has 4 nitrogen and oxygen atoms in total. The molecule has 1 heterocycles. The standard InChI is InChI=1S/C14H21N3OS/c1-11-9-17(7-8-19-11)10-13(14(15)16-18)12-5-3-2-4-6-12/h2-6,11,13,18H,7-10H2,1H3,(H2,15,16). The average Bonchev–Trinajstić information content (AvgIpc) is 2.45. The first-order valence-electron chi connectivity index (χ1n) is 6.57. The van der Waals surface area contributed by atoms with Crippen molar-refractivity contribution in [2.45, 2.75) is 18.1 Å². The van der Waals surface area contributed by atoms with Crippen molar-refractivity contribution < 1.29 is 5.21 Å². The van der Waals surface area contributed by atoms with Gasteiger partial charge in [0.2, 0.25) is 0 Å². The number of rotatable bonds is 4. The topological polar surface area (TPSA) is 61.8 Å². The summed E-state index contributed by atoms with van der Waals surface area (Å²) in [5, 5.41) is 12.9. The van der Waals surface area contributed by atoms with Crippen LogP contribution in [0.1, 0.15) is 18.4 Å². The molecule has 1 fully saturated rings. The molecule has 1 aliphatic rings. The van der Waals surface area contributed by atoms with Gasteiger partial charge in [-0.2, -0.15) is 11.8 Å². The van der Waals surface area contributed by atoms with E-state index in [0.717, 1.165) is 31.0 Å². The molecular weight excluding hydrogens is 258 g/mol. The fraction of sp³-hybridized carbons (Fsp3) is 0.500. The maximum atomic E-state index is 8.99. The number of oxime groups is 1. The molecule has 0 amide bonds. The van der Waals surface area contributed by atoms with Gasteiger partial charge in [-0.25, -0.2) is 0 Å². The number of nitrogens with zero attached hydrogens (tertiary/aromatic N) is 2. The van der Waals surface area contributed by atoms with Crippen molar-refractivity contribution in [2.24, 2.45) is 10.9 Å². The fourth-order valence-electron chi connectivity index (χ4n) is 2.44. The van der Waals surface area contributed by atoms with Crippen LogP contribution in [0.3, 0.4) is 0 Å². The number of amidine groups is 1. The van der Waals surface area contributed by atoms with E-state index >= 15 is 0 Å². The third kappa shape index (κ3) is 3.88. The fourth-order valence-corrected chi connectivity index (χ4v) is 3.52. The van der Waals surface area contributed by atoms with Crippen LogP contribution in [0.4, 0.5) is 0 Å². The zero-order chi connectivity index (χ0) is 13.7. The molecule has 2 rings (SSSR count). The first-order chi connectivity index (χ1) is 9.20. The molecule has 2 atom stereocenters. The lowest BCUT2D eigenvalue weighted by Gasteiger charge is -2.33. The van der Waals surface area contributed by atoms with E-state index in [9.17, 15) is 0 Å². The molecule has 5 heteroatoms. The van der Waals surface area contributed by atoms with Crippen LogP contribution in [0.15, 0.2) is 35.5 Å². The summed E-state index contributed by atoms with van der Waals surface area (Å²) in [6.45, 7) is 5.19. The molecule has 1 aliphatic heterocycles. The molecule has 0 spiro atoms. The van der Waals surface area contributed by atoms with E-state index in [-0.39, 0.29) is 11.8 Å². The quantitative estimate of drug-likeness (QED) is 0.383. The minimum Gasteiger partial charge on any atom is -0.409 e. The summed E-state index contributed by atoms with van der Waals surface area (Å²) >= 11 is 2.01. The van der Waals surface area contributed by atoms with Crippen LogP contribution in [-0.2, 0) is 0 Å². The number of hydrogen-bond acceptors (Lipinski definition) is 4. The third-order valence-electron chi connectivity index (χ3n) is 3.44. The Kier molecular flexibility index (Phi) is 5.10. The number of benzene rings is 1. The number of hydrogen-bond donors (Lipinski definition) is 2. The molecule has 0 aliphatic carbocycles. The minimum absolute atomic E-state index is 0.0403. The van der Waals surface area contributed by atoms with Gasteiger partial charge in [-0.3, -0.25) is 0 Å². The molecule has 104 valence electrons.